The molecule has 0 amide bonds. The summed E-state index contributed by atoms with van der Waals surface area (Å²) in [7, 11) is -4.33. The first kappa shape index (κ1) is 9.36. The Bertz CT molecular complexity index is 212. The molecule has 0 spiro atoms. The minimum Gasteiger partial charge on any atom is -0.478 e. The second-order valence-electron chi connectivity index (χ2n) is 1.67. The molecule has 0 saturated heterocycles. The normalized spacial score (nSPS) is 13.3. The van der Waals surface area contributed by atoms with Gasteiger partial charge in [-0.25, -0.2) is 4.79 Å². The smallest absolute Gasteiger partial charge is 0.352 e. The molecule has 3 N–H and O–H groups in total. The number of allylic oxidation sites excluding steroid dienone is 1. The average molecular weight is 166 g/mol. The van der Waals surface area contributed by atoms with Crippen LogP contribution in [0.3, 0.4) is 0 Å². The fourth-order valence-electron chi connectivity index (χ4n) is 0.263. The molecule has 0 unspecified atom stereocenters. The van der Waals surface area contributed by atoms with Crippen LogP contribution < -0.4 is 0 Å². The number of carbonyl (C=O) groups is 1. The van der Waals surface area contributed by atoms with Crippen LogP contribution in [-0.2, 0) is 9.36 Å². The van der Waals surface area contributed by atoms with Gasteiger partial charge in [0.1, 0.15) is 0 Å². The summed E-state index contributed by atoms with van der Waals surface area (Å²) in [5.41, 5.74) is 0. The van der Waals surface area contributed by atoms with Crippen molar-refractivity contribution >= 4 is 13.6 Å². The van der Waals surface area contributed by atoms with Crippen LogP contribution in [0.1, 0.15) is 6.92 Å². The molecule has 0 radical (unpaired) electrons. The van der Waals surface area contributed by atoms with Gasteiger partial charge in [-0.2, -0.15) is 0 Å². The first-order valence-corrected chi connectivity index (χ1v) is 3.92. The van der Waals surface area contributed by atoms with Crippen molar-refractivity contribution in [3.8, 4) is 0 Å². The van der Waals surface area contributed by atoms with Crippen LogP contribution >= 0.6 is 7.60 Å². The highest BCUT2D eigenvalue weighted by molar-refractivity contribution is 7.56. The van der Waals surface area contributed by atoms with E-state index in [9.17, 15) is 9.36 Å². The molecule has 0 aromatic rings. The van der Waals surface area contributed by atoms with Gasteiger partial charge >= 0.3 is 13.6 Å². The maximum absolute atomic E-state index is 10.2. The van der Waals surface area contributed by atoms with Gasteiger partial charge in [-0.05, 0) is 6.92 Å². The average Bonchev–Trinajstić information content (AvgIpc) is 1.60. The lowest BCUT2D eigenvalue weighted by molar-refractivity contribution is -0.131. The van der Waals surface area contributed by atoms with E-state index in [0.29, 0.717) is 6.08 Å². The maximum atomic E-state index is 10.2. The second kappa shape index (κ2) is 2.96. The Morgan fingerprint density at radius 1 is 1.50 bits per heavy atom. The third kappa shape index (κ3) is 3.40. The van der Waals surface area contributed by atoms with E-state index >= 15 is 0 Å². The molecule has 0 aromatic carbocycles. The Labute approximate surface area is 57.2 Å². The zero-order valence-corrected chi connectivity index (χ0v) is 6.08. The monoisotopic (exact) mass is 166 g/mol. The summed E-state index contributed by atoms with van der Waals surface area (Å²) in [5.74, 6) is -1.36. The predicted octanol–water partition coefficient (Wildman–Crippen LogP) is 0.152. The van der Waals surface area contributed by atoms with Crippen molar-refractivity contribution in [3.63, 3.8) is 0 Å². The minimum absolute atomic E-state index is 0.444. The Balaban J connectivity index is 4.52. The van der Waals surface area contributed by atoms with Crippen molar-refractivity contribution in [1.82, 2.24) is 0 Å². The summed E-state index contributed by atoms with van der Waals surface area (Å²) in [6, 6.07) is 0. The Kier molecular flexibility index (Phi) is 2.77. The van der Waals surface area contributed by atoms with E-state index in [1.807, 2.05) is 0 Å². The van der Waals surface area contributed by atoms with E-state index in [1.165, 1.54) is 0 Å². The molecule has 0 aliphatic heterocycles. The van der Waals surface area contributed by atoms with Gasteiger partial charge in [0, 0.05) is 11.4 Å². The van der Waals surface area contributed by atoms with Gasteiger partial charge in [0.25, 0.3) is 0 Å². The van der Waals surface area contributed by atoms with Gasteiger partial charge in [-0.15, -0.1) is 0 Å². The summed E-state index contributed by atoms with van der Waals surface area (Å²) in [6.45, 7) is 1.06. The zero-order valence-electron chi connectivity index (χ0n) is 5.18. The van der Waals surface area contributed by atoms with E-state index in [4.69, 9.17) is 14.9 Å². The highest BCUT2D eigenvalue weighted by Crippen LogP contribution is 2.43. The van der Waals surface area contributed by atoms with Gasteiger partial charge in [0.15, 0.2) is 0 Å². The number of rotatable bonds is 2. The Hall–Kier alpha value is -0.640. The van der Waals surface area contributed by atoms with Gasteiger partial charge in [-0.1, -0.05) is 0 Å². The number of hydrogen-bond donors (Lipinski definition) is 3. The van der Waals surface area contributed by atoms with Gasteiger partial charge < -0.3 is 14.9 Å². The van der Waals surface area contributed by atoms with Crippen molar-refractivity contribution in [1.29, 1.82) is 0 Å². The fourth-order valence-corrected chi connectivity index (χ4v) is 0.541. The van der Waals surface area contributed by atoms with Crippen LogP contribution in [0.4, 0.5) is 0 Å². The molecular weight excluding hydrogens is 159 g/mol. The van der Waals surface area contributed by atoms with Crippen molar-refractivity contribution in [2.24, 2.45) is 0 Å². The second-order valence-corrected chi connectivity index (χ2v) is 3.46. The first-order valence-electron chi connectivity index (χ1n) is 2.31. The van der Waals surface area contributed by atoms with E-state index < -0.39 is 18.9 Å². The maximum Gasteiger partial charge on any atom is 0.352 e. The molecule has 5 nitrogen and oxygen atoms in total. The highest BCUT2D eigenvalue weighted by Gasteiger charge is 2.16. The minimum atomic E-state index is -4.33. The highest BCUT2D eigenvalue weighted by atomic mass is 31.2. The van der Waals surface area contributed by atoms with Crippen LogP contribution in [-0.4, -0.2) is 20.9 Å². The molecule has 10 heavy (non-hydrogen) atoms. The van der Waals surface area contributed by atoms with E-state index in [-0.39, 0.29) is 0 Å². The summed E-state index contributed by atoms with van der Waals surface area (Å²) in [6.07, 6.45) is 0.487. The molecule has 0 bridgehead atoms. The van der Waals surface area contributed by atoms with Crippen LogP contribution in [0.15, 0.2) is 11.4 Å². The topological polar surface area (TPSA) is 94.8 Å². The SMILES string of the molecule is C/C(=C/C(=O)O)P(=O)(O)O. The fraction of sp³-hybridized carbons (Fsp3) is 0.250. The standard InChI is InChI=1S/C4H7O5P/c1-3(2-4(5)6)10(7,8)9/h2H,1H3,(H,5,6)(H2,7,8,9)/b3-2-. The van der Waals surface area contributed by atoms with E-state index in [2.05, 4.69) is 0 Å². The Morgan fingerprint density at radius 2 is 1.90 bits per heavy atom. The third-order valence-electron chi connectivity index (χ3n) is 0.792. The molecule has 0 atom stereocenters. The molecule has 0 fully saturated rings. The van der Waals surface area contributed by atoms with Crippen LogP contribution in [0.5, 0.6) is 0 Å². The van der Waals surface area contributed by atoms with Crippen LogP contribution in [0, 0.1) is 0 Å². The van der Waals surface area contributed by atoms with Crippen molar-refractivity contribution < 1.29 is 24.3 Å². The molecule has 0 aliphatic rings. The predicted molar refractivity (Wildman–Crippen MR) is 33.4 cm³/mol. The molecule has 6 heteroatoms. The van der Waals surface area contributed by atoms with Gasteiger partial charge in [-0.3, -0.25) is 4.57 Å². The lowest BCUT2D eigenvalue weighted by atomic mass is 10.5. The molecule has 0 heterocycles. The molecule has 0 rings (SSSR count). The largest absolute Gasteiger partial charge is 0.478 e. The third-order valence-corrected chi connectivity index (χ3v) is 1.84. The zero-order chi connectivity index (χ0) is 8.36. The number of carboxylic acid groups (broad SMARTS) is 1. The molecular formula is C4H7O5P. The first-order chi connectivity index (χ1) is 4.34. The summed E-state index contributed by atoms with van der Waals surface area (Å²) in [5, 5.41) is 7.58. The molecule has 0 aliphatic carbocycles. The number of carboxylic acids is 1. The van der Waals surface area contributed by atoms with E-state index in [1.54, 1.807) is 0 Å². The lowest BCUT2D eigenvalue weighted by Crippen LogP contribution is -1.90. The molecule has 0 aromatic heterocycles. The van der Waals surface area contributed by atoms with Gasteiger partial charge in [0.05, 0.1) is 0 Å². The lowest BCUT2D eigenvalue weighted by Gasteiger charge is -2.00. The van der Waals surface area contributed by atoms with Gasteiger partial charge in [0.2, 0.25) is 0 Å². The summed E-state index contributed by atoms with van der Waals surface area (Å²) < 4.78 is 10.2. The van der Waals surface area contributed by atoms with Crippen LogP contribution in [0.2, 0.25) is 0 Å². The molecule has 0 saturated carbocycles. The number of aliphatic carboxylic acids is 1. The Morgan fingerprint density at radius 3 is 2.00 bits per heavy atom. The number of hydrogen-bond acceptors (Lipinski definition) is 2. The molecule has 58 valence electrons. The van der Waals surface area contributed by atoms with Crippen molar-refractivity contribution in [3.05, 3.63) is 11.4 Å². The summed E-state index contributed by atoms with van der Waals surface area (Å²) >= 11 is 0. The van der Waals surface area contributed by atoms with E-state index in [0.717, 1.165) is 6.92 Å². The van der Waals surface area contributed by atoms with Crippen molar-refractivity contribution in [2.75, 3.05) is 0 Å². The van der Waals surface area contributed by atoms with Crippen LogP contribution in [0.25, 0.3) is 0 Å². The quantitative estimate of drug-likeness (QED) is 0.401. The summed E-state index contributed by atoms with van der Waals surface area (Å²) in [4.78, 5) is 26.5. The van der Waals surface area contributed by atoms with Crippen molar-refractivity contribution in [2.45, 2.75) is 6.92 Å².